The number of ketones is 1. The number of rotatable bonds is 5. The third-order valence-corrected chi connectivity index (χ3v) is 3.61. The number of hydrogen-bond donors (Lipinski definition) is 2. The van der Waals surface area contributed by atoms with E-state index in [1.54, 1.807) is 36.4 Å². The lowest BCUT2D eigenvalue weighted by molar-refractivity contribution is 0.104. The third kappa shape index (κ3) is 3.92. The molecule has 0 aliphatic carbocycles. The number of aromatic hydroxyl groups is 1. The first-order valence-corrected chi connectivity index (χ1v) is 7.41. The van der Waals surface area contributed by atoms with E-state index in [-0.39, 0.29) is 17.5 Å². The van der Waals surface area contributed by atoms with Crippen LogP contribution < -0.4 is 10.5 Å². The Bertz CT molecular complexity index is 731. The van der Waals surface area contributed by atoms with E-state index in [9.17, 15) is 9.90 Å². The van der Waals surface area contributed by atoms with E-state index in [0.29, 0.717) is 17.0 Å². The maximum absolute atomic E-state index is 12.2. The van der Waals surface area contributed by atoms with Gasteiger partial charge in [0.2, 0.25) is 0 Å². The van der Waals surface area contributed by atoms with E-state index in [1.807, 2.05) is 19.9 Å². The molecule has 0 aromatic heterocycles. The lowest BCUT2D eigenvalue weighted by Crippen LogP contribution is -1.96. The number of hydrogen-bond acceptors (Lipinski definition) is 4. The molecule has 0 spiro atoms. The normalized spacial score (nSPS) is 11.1. The molecule has 0 fully saturated rings. The Hall–Kier alpha value is -2.75. The van der Waals surface area contributed by atoms with Gasteiger partial charge >= 0.3 is 0 Å². The summed E-state index contributed by atoms with van der Waals surface area (Å²) < 4.78 is 5.28. The summed E-state index contributed by atoms with van der Waals surface area (Å²) in [4.78, 5) is 12.2. The van der Waals surface area contributed by atoms with Crippen molar-refractivity contribution < 1.29 is 14.6 Å². The Balaban J connectivity index is 2.32. The van der Waals surface area contributed by atoms with Crippen LogP contribution in [-0.2, 0) is 0 Å². The van der Waals surface area contributed by atoms with Crippen LogP contribution in [0.4, 0.5) is 5.69 Å². The van der Waals surface area contributed by atoms with Crippen LogP contribution in [0.25, 0.3) is 6.08 Å². The minimum Gasteiger partial charge on any atom is -0.508 e. The smallest absolute Gasteiger partial charge is 0.185 e. The Morgan fingerprint density at radius 2 is 1.87 bits per heavy atom. The second kappa shape index (κ2) is 7.01. The van der Waals surface area contributed by atoms with Crippen molar-refractivity contribution in [1.82, 2.24) is 0 Å². The largest absolute Gasteiger partial charge is 0.508 e. The molecule has 3 N–H and O–H groups in total. The number of anilines is 1. The molecule has 0 heterocycles. The molecule has 4 heteroatoms. The average molecular weight is 311 g/mol. The SMILES string of the molecule is COc1cc(O)c(C(C)C)cc1C=CC(=O)c1ccc(N)cc1. The predicted octanol–water partition coefficient (Wildman–Crippen LogP) is 4.00. The molecule has 0 unspecified atom stereocenters. The molecule has 0 aliphatic rings. The summed E-state index contributed by atoms with van der Waals surface area (Å²) >= 11 is 0. The molecule has 0 saturated heterocycles. The highest BCUT2D eigenvalue weighted by Gasteiger charge is 2.11. The van der Waals surface area contributed by atoms with Crippen molar-refractivity contribution >= 4 is 17.5 Å². The topological polar surface area (TPSA) is 72.5 Å². The zero-order valence-electron chi connectivity index (χ0n) is 13.5. The van der Waals surface area contributed by atoms with Gasteiger partial charge in [-0.15, -0.1) is 0 Å². The number of nitrogen functional groups attached to an aromatic ring is 1. The Morgan fingerprint density at radius 3 is 2.43 bits per heavy atom. The second-order valence-electron chi connectivity index (χ2n) is 5.63. The van der Waals surface area contributed by atoms with Crippen molar-refractivity contribution in [1.29, 1.82) is 0 Å². The number of benzene rings is 2. The number of allylic oxidation sites excluding steroid dienone is 1. The third-order valence-electron chi connectivity index (χ3n) is 3.61. The molecule has 2 rings (SSSR count). The van der Waals surface area contributed by atoms with Crippen molar-refractivity contribution in [3.8, 4) is 11.5 Å². The van der Waals surface area contributed by atoms with Crippen LogP contribution in [0.2, 0.25) is 0 Å². The molecular weight excluding hydrogens is 290 g/mol. The van der Waals surface area contributed by atoms with E-state index in [4.69, 9.17) is 10.5 Å². The monoisotopic (exact) mass is 311 g/mol. The first-order chi connectivity index (χ1) is 10.9. The lowest BCUT2D eigenvalue weighted by Gasteiger charge is -2.12. The molecule has 4 nitrogen and oxygen atoms in total. The highest BCUT2D eigenvalue weighted by molar-refractivity contribution is 6.07. The van der Waals surface area contributed by atoms with E-state index in [1.165, 1.54) is 13.2 Å². The first kappa shape index (κ1) is 16.6. The zero-order valence-corrected chi connectivity index (χ0v) is 13.5. The molecule has 0 amide bonds. The molecule has 0 radical (unpaired) electrons. The van der Waals surface area contributed by atoms with Crippen molar-refractivity contribution in [2.24, 2.45) is 0 Å². The lowest BCUT2D eigenvalue weighted by atomic mass is 9.98. The number of carbonyl (C=O) groups excluding carboxylic acids is 1. The number of ether oxygens (including phenoxy) is 1. The van der Waals surface area contributed by atoms with Crippen LogP contribution in [0.3, 0.4) is 0 Å². The van der Waals surface area contributed by atoms with Gasteiger partial charge in [0.05, 0.1) is 7.11 Å². The highest BCUT2D eigenvalue weighted by atomic mass is 16.5. The van der Waals surface area contributed by atoms with Gasteiger partial charge in [-0.3, -0.25) is 4.79 Å². The summed E-state index contributed by atoms with van der Waals surface area (Å²) in [5.41, 5.74) is 8.36. The van der Waals surface area contributed by atoms with Crippen LogP contribution in [0.15, 0.2) is 42.5 Å². The quantitative estimate of drug-likeness (QED) is 0.497. The average Bonchev–Trinajstić information content (AvgIpc) is 2.53. The molecule has 0 saturated carbocycles. The minimum atomic E-state index is -0.119. The Kier molecular flexibility index (Phi) is 5.06. The van der Waals surface area contributed by atoms with Gasteiger partial charge < -0.3 is 15.6 Å². The van der Waals surface area contributed by atoms with Gasteiger partial charge in [-0.1, -0.05) is 13.8 Å². The summed E-state index contributed by atoms with van der Waals surface area (Å²) in [6.45, 7) is 3.99. The molecule has 0 bridgehead atoms. The van der Waals surface area contributed by atoms with Gasteiger partial charge in [0, 0.05) is 22.9 Å². The van der Waals surface area contributed by atoms with E-state index in [2.05, 4.69) is 0 Å². The van der Waals surface area contributed by atoms with Crippen LogP contribution in [0, 0.1) is 0 Å². The fraction of sp³-hybridized carbons (Fsp3) is 0.211. The standard InChI is InChI=1S/C19H21NO3/c1-12(2)16-10-14(19(23-3)11-18(16)22)6-9-17(21)13-4-7-15(20)8-5-13/h4-12,22H,20H2,1-3H3. The Labute approximate surface area is 136 Å². The van der Waals surface area contributed by atoms with Crippen molar-refractivity contribution in [2.45, 2.75) is 19.8 Å². The molecule has 0 atom stereocenters. The van der Waals surface area contributed by atoms with Crippen molar-refractivity contribution in [2.75, 3.05) is 12.8 Å². The summed E-state index contributed by atoms with van der Waals surface area (Å²) in [6, 6.07) is 10.2. The minimum absolute atomic E-state index is 0.119. The molecule has 2 aromatic carbocycles. The van der Waals surface area contributed by atoms with Gasteiger partial charge in [-0.2, -0.15) is 0 Å². The summed E-state index contributed by atoms with van der Waals surface area (Å²) in [5.74, 6) is 0.763. The fourth-order valence-electron chi connectivity index (χ4n) is 2.28. The van der Waals surface area contributed by atoms with Gasteiger partial charge in [0.1, 0.15) is 11.5 Å². The second-order valence-corrected chi connectivity index (χ2v) is 5.63. The van der Waals surface area contributed by atoms with Gasteiger partial charge in [-0.05, 0) is 54.0 Å². The molecule has 2 aromatic rings. The first-order valence-electron chi connectivity index (χ1n) is 7.41. The van der Waals surface area contributed by atoms with E-state index < -0.39 is 0 Å². The number of phenols is 1. The van der Waals surface area contributed by atoms with Gasteiger partial charge in [-0.25, -0.2) is 0 Å². The fourth-order valence-corrected chi connectivity index (χ4v) is 2.28. The van der Waals surface area contributed by atoms with Crippen molar-refractivity contribution in [3.63, 3.8) is 0 Å². The Morgan fingerprint density at radius 1 is 1.22 bits per heavy atom. The van der Waals surface area contributed by atoms with Gasteiger partial charge in [0.25, 0.3) is 0 Å². The van der Waals surface area contributed by atoms with E-state index in [0.717, 1.165) is 11.1 Å². The van der Waals surface area contributed by atoms with Gasteiger partial charge in [0.15, 0.2) is 5.78 Å². The van der Waals surface area contributed by atoms with Crippen LogP contribution >= 0.6 is 0 Å². The zero-order chi connectivity index (χ0) is 17.0. The van der Waals surface area contributed by atoms with Crippen LogP contribution in [-0.4, -0.2) is 18.0 Å². The van der Waals surface area contributed by atoms with E-state index >= 15 is 0 Å². The molecule has 120 valence electrons. The maximum atomic E-state index is 12.2. The summed E-state index contributed by atoms with van der Waals surface area (Å²) in [6.07, 6.45) is 3.19. The van der Waals surface area contributed by atoms with Crippen LogP contribution in [0.5, 0.6) is 11.5 Å². The van der Waals surface area contributed by atoms with Crippen LogP contribution in [0.1, 0.15) is 41.3 Å². The maximum Gasteiger partial charge on any atom is 0.185 e. The molecule has 23 heavy (non-hydrogen) atoms. The summed E-state index contributed by atoms with van der Waals surface area (Å²) in [5, 5.41) is 10.0. The number of nitrogens with two attached hydrogens (primary N) is 1. The number of methoxy groups -OCH3 is 1. The van der Waals surface area contributed by atoms with Crippen molar-refractivity contribution in [3.05, 3.63) is 59.2 Å². The number of carbonyl (C=O) groups is 1. The highest BCUT2D eigenvalue weighted by Crippen LogP contribution is 2.33. The predicted molar refractivity (Wildman–Crippen MR) is 93.0 cm³/mol. The summed E-state index contributed by atoms with van der Waals surface area (Å²) in [7, 11) is 1.53. The molecular formula is C19H21NO3. The number of phenolic OH excluding ortho intramolecular Hbond substituents is 1. The molecule has 0 aliphatic heterocycles.